The molecule has 14 nitrogen and oxygen atoms in total. The molecule has 15 heteroatoms. The van der Waals surface area contributed by atoms with Gasteiger partial charge in [-0.2, -0.15) is 0 Å². The van der Waals surface area contributed by atoms with E-state index in [1.165, 1.54) is 4.57 Å². The Bertz CT molecular complexity index is 2870. The van der Waals surface area contributed by atoms with E-state index in [2.05, 4.69) is 56.3 Å². The van der Waals surface area contributed by atoms with Crippen molar-refractivity contribution < 1.29 is 28.7 Å². The molecule has 69 heavy (non-hydrogen) atoms. The normalized spacial score (nSPS) is 17.8. The number of carbonyl (C=O) groups is 5. The molecular weight excluding hydrogens is 891 g/mol. The number of fused-ring (bicyclic) bond motifs is 1. The van der Waals surface area contributed by atoms with Crippen LogP contribution in [0.3, 0.4) is 0 Å². The number of likely N-dealkylation sites (tertiary alicyclic amines) is 2. The van der Waals surface area contributed by atoms with Gasteiger partial charge in [-0.25, -0.2) is 9.59 Å². The number of nitrogens with one attached hydrogen (secondary N) is 3. The van der Waals surface area contributed by atoms with Crippen molar-refractivity contribution in [2.75, 3.05) is 38.0 Å². The molecule has 3 aliphatic rings. The molecule has 3 N–H and O–H groups in total. The van der Waals surface area contributed by atoms with Crippen LogP contribution in [-0.2, 0) is 26.2 Å². The third kappa shape index (κ3) is 11.7. The molecule has 2 unspecified atom stereocenters. The summed E-state index contributed by atoms with van der Waals surface area (Å²) in [5, 5.41) is 10.3. The molecule has 2 atom stereocenters. The van der Waals surface area contributed by atoms with Gasteiger partial charge in [-0.3, -0.25) is 38.9 Å². The lowest BCUT2D eigenvalue weighted by atomic mass is 9.89. The molecule has 5 heterocycles. The Labute approximate surface area is 407 Å². The van der Waals surface area contributed by atoms with E-state index in [0.29, 0.717) is 42.7 Å². The molecule has 0 bridgehead atoms. The number of piperidine rings is 3. The van der Waals surface area contributed by atoms with Gasteiger partial charge in [-0.15, -0.1) is 11.3 Å². The summed E-state index contributed by atoms with van der Waals surface area (Å²) in [5.74, 6) is 6.84. The zero-order chi connectivity index (χ0) is 49.0. The SMILES string of the molecule is Cc1ccc(NC(=O)OC(C)(C)C)cc1C(=O)NC(C)c1ccc(C#CC2CCN(CCCC(=O)N3CCC(c4ccc5c(c4)n(C)c(=O)n5C4CCC(=O)NC4=O)CC3)CC2)c(-c2cccs2)c1. The molecule has 5 aromatic rings. The fourth-order valence-electron chi connectivity index (χ4n) is 9.72. The van der Waals surface area contributed by atoms with Crippen LogP contribution < -0.4 is 21.6 Å². The smallest absolute Gasteiger partial charge is 0.412 e. The first-order valence-electron chi connectivity index (χ1n) is 24.2. The van der Waals surface area contributed by atoms with Crippen molar-refractivity contribution in [1.82, 2.24) is 29.6 Å². The largest absolute Gasteiger partial charge is 0.444 e. The number of nitrogens with zero attached hydrogens (tertiary/aromatic N) is 4. The topological polar surface area (TPSA) is 164 Å². The maximum absolute atomic E-state index is 13.6. The van der Waals surface area contributed by atoms with Crippen LogP contribution in [0.15, 0.2) is 76.9 Å². The molecule has 8 rings (SSSR count). The van der Waals surface area contributed by atoms with Crippen molar-refractivity contribution in [2.45, 2.75) is 110 Å². The second-order valence-corrected chi connectivity index (χ2v) is 20.7. The van der Waals surface area contributed by atoms with E-state index < -0.39 is 23.6 Å². The van der Waals surface area contributed by atoms with Gasteiger partial charge in [-0.1, -0.05) is 36.1 Å². The molecule has 362 valence electrons. The third-order valence-corrected chi connectivity index (χ3v) is 14.5. The van der Waals surface area contributed by atoms with Gasteiger partial charge in [0.1, 0.15) is 11.6 Å². The Morgan fingerprint density at radius 2 is 1.68 bits per heavy atom. The van der Waals surface area contributed by atoms with Gasteiger partial charge in [0.15, 0.2) is 0 Å². The number of aromatic nitrogens is 2. The molecule has 0 saturated carbocycles. The highest BCUT2D eigenvalue weighted by molar-refractivity contribution is 7.13. The zero-order valence-corrected chi connectivity index (χ0v) is 41.3. The van der Waals surface area contributed by atoms with Crippen LogP contribution in [0.25, 0.3) is 21.5 Å². The molecule has 0 aliphatic carbocycles. The van der Waals surface area contributed by atoms with Crippen molar-refractivity contribution in [3.63, 3.8) is 0 Å². The Morgan fingerprint density at radius 1 is 0.913 bits per heavy atom. The van der Waals surface area contributed by atoms with Crippen LogP contribution in [0.4, 0.5) is 10.5 Å². The predicted octanol–water partition coefficient (Wildman–Crippen LogP) is 8.44. The quantitative estimate of drug-likeness (QED) is 0.0878. The summed E-state index contributed by atoms with van der Waals surface area (Å²) < 4.78 is 8.47. The summed E-state index contributed by atoms with van der Waals surface area (Å²) in [6.07, 6.45) is 4.89. The number of aryl methyl sites for hydroxylation is 2. The third-order valence-electron chi connectivity index (χ3n) is 13.6. The van der Waals surface area contributed by atoms with E-state index >= 15 is 0 Å². The average molecular weight is 954 g/mol. The van der Waals surface area contributed by atoms with Crippen molar-refractivity contribution >= 4 is 57.8 Å². The van der Waals surface area contributed by atoms with E-state index in [1.807, 2.05) is 49.1 Å². The molecule has 0 spiro atoms. The molecular formula is C54H63N7O7S. The minimum atomic E-state index is -0.713. The second kappa shape index (κ2) is 21.0. The molecule has 2 aromatic heterocycles. The summed E-state index contributed by atoms with van der Waals surface area (Å²) in [4.78, 5) is 82.4. The summed E-state index contributed by atoms with van der Waals surface area (Å²) in [6, 6.07) is 20.5. The van der Waals surface area contributed by atoms with Crippen LogP contribution in [0, 0.1) is 24.7 Å². The number of imidazole rings is 1. The lowest BCUT2D eigenvalue weighted by molar-refractivity contribution is -0.136. The van der Waals surface area contributed by atoms with E-state index in [4.69, 9.17) is 4.74 Å². The summed E-state index contributed by atoms with van der Waals surface area (Å²) in [5.41, 5.74) is 6.33. The van der Waals surface area contributed by atoms with Gasteiger partial charge in [0.25, 0.3) is 5.91 Å². The Hall–Kier alpha value is -6.50. The number of ether oxygens (including phenoxy) is 1. The highest BCUT2D eigenvalue weighted by Gasteiger charge is 2.32. The van der Waals surface area contributed by atoms with E-state index in [9.17, 15) is 28.8 Å². The first kappa shape index (κ1) is 48.9. The molecule has 3 saturated heterocycles. The number of thiophene rings is 1. The number of hydrogen-bond acceptors (Lipinski definition) is 9. The lowest BCUT2D eigenvalue weighted by Crippen LogP contribution is -2.44. The molecule has 3 aliphatic heterocycles. The highest BCUT2D eigenvalue weighted by atomic mass is 32.1. The van der Waals surface area contributed by atoms with E-state index in [-0.39, 0.29) is 47.7 Å². The Morgan fingerprint density at radius 3 is 2.39 bits per heavy atom. The molecule has 3 aromatic carbocycles. The standard InChI is InChI=1S/C54H63N7O7S/c1-34-11-17-41(56-52(66)68-54(3,4)5)33-42(34)50(64)55-35(2)39-15-14-38(43(31-39)47-9-8-30-69-47)13-12-36-21-26-59(27-22-36)25-7-10-49(63)60-28-23-37(24-29-60)40-16-18-44-46(32-40)58(6)53(67)61(44)45-19-20-48(62)57-51(45)65/h8-9,11,14-18,30-33,35-37,45H,7,10,19-29H2,1-6H3,(H,55,64)(H,56,66)(H,57,62,65). The van der Waals surface area contributed by atoms with E-state index in [0.717, 1.165) is 89.9 Å². The number of hydrogen-bond donors (Lipinski definition) is 3. The number of benzene rings is 3. The average Bonchev–Trinajstić information content (AvgIpc) is 3.95. The Balaban J connectivity index is 0.799. The minimum Gasteiger partial charge on any atom is -0.444 e. The van der Waals surface area contributed by atoms with Crippen LogP contribution >= 0.6 is 11.3 Å². The minimum absolute atomic E-state index is 0.200. The summed E-state index contributed by atoms with van der Waals surface area (Å²) >= 11 is 1.66. The van der Waals surface area contributed by atoms with Crippen molar-refractivity contribution in [3.05, 3.63) is 110 Å². The summed E-state index contributed by atoms with van der Waals surface area (Å²) in [6.45, 7) is 13.4. The van der Waals surface area contributed by atoms with Gasteiger partial charge in [-0.05, 0) is 163 Å². The lowest BCUT2D eigenvalue weighted by Gasteiger charge is -2.33. The fraction of sp³-hybridized carbons (Fsp3) is 0.444. The van der Waals surface area contributed by atoms with Crippen molar-refractivity contribution in [2.24, 2.45) is 13.0 Å². The van der Waals surface area contributed by atoms with Crippen molar-refractivity contribution in [3.8, 4) is 22.3 Å². The Kier molecular flexibility index (Phi) is 14.9. The number of anilines is 1. The molecule has 5 amide bonds. The van der Waals surface area contributed by atoms with Crippen LogP contribution in [-0.4, -0.2) is 87.0 Å². The van der Waals surface area contributed by atoms with Gasteiger partial charge < -0.3 is 19.9 Å². The van der Waals surface area contributed by atoms with E-state index in [1.54, 1.807) is 61.9 Å². The maximum Gasteiger partial charge on any atom is 0.412 e. The molecule has 0 radical (unpaired) electrons. The number of imide groups is 1. The maximum atomic E-state index is 13.6. The summed E-state index contributed by atoms with van der Waals surface area (Å²) in [7, 11) is 1.71. The van der Waals surface area contributed by atoms with Gasteiger partial charge in [0, 0.05) is 66.2 Å². The predicted molar refractivity (Wildman–Crippen MR) is 269 cm³/mol. The van der Waals surface area contributed by atoms with Gasteiger partial charge in [0.2, 0.25) is 17.7 Å². The monoisotopic (exact) mass is 953 g/mol. The first-order chi connectivity index (χ1) is 33.0. The number of carbonyl (C=O) groups excluding carboxylic acids is 5. The molecule has 3 fully saturated rings. The second-order valence-electron chi connectivity index (χ2n) is 19.7. The van der Waals surface area contributed by atoms with Crippen LogP contribution in [0.2, 0.25) is 0 Å². The van der Waals surface area contributed by atoms with Crippen LogP contribution in [0.5, 0.6) is 0 Å². The van der Waals surface area contributed by atoms with Gasteiger partial charge >= 0.3 is 11.8 Å². The number of amides is 5. The van der Waals surface area contributed by atoms with Gasteiger partial charge in [0.05, 0.1) is 17.1 Å². The van der Waals surface area contributed by atoms with Crippen LogP contribution in [0.1, 0.15) is 130 Å². The number of rotatable bonds is 11. The highest BCUT2D eigenvalue weighted by Crippen LogP contribution is 2.33. The first-order valence-corrected chi connectivity index (χ1v) is 25.0. The fourth-order valence-corrected chi connectivity index (χ4v) is 10.5. The van der Waals surface area contributed by atoms with Crippen molar-refractivity contribution in [1.29, 1.82) is 0 Å². The zero-order valence-electron chi connectivity index (χ0n) is 40.5.